The molecule has 0 saturated carbocycles. The van der Waals surface area contributed by atoms with Gasteiger partial charge in [-0.2, -0.15) is 36.4 Å². The van der Waals surface area contributed by atoms with Crippen molar-refractivity contribution in [3.8, 4) is 11.1 Å². The van der Waals surface area contributed by atoms with Gasteiger partial charge in [-0.3, -0.25) is 0 Å². The van der Waals surface area contributed by atoms with Gasteiger partial charge in [-0.1, -0.05) is 0 Å². The van der Waals surface area contributed by atoms with Crippen LogP contribution in [0.15, 0.2) is 109 Å². The van der Waals surface area contributed by atoms with E-state index in [1.54, 1.807) is 0 Å². The van der Waals surface area contributed by atoms with Gasteiger partial charge in [-0.05, 0) is 0 Å². The summed E-state index contributed by atoms with van der Waals surface area (Å²) in [6, 6.07) is 36.7. The molecule has 0 heterocycles. The Kier molecular flexibility index (Phi) is 12.5. The topological polar surface area (TPSA) is 0 Å². The molecular formula is C20H18Ru2-8. The molecule has 0 saturated heterocycles. The maximum Gasteiger partial charge on any atom is 0 e. The molecule has 0 spiro atoms. The summed E-state index contributed by atoms with van der Waals surface area (Å²) in [5.74, 6) is 0. The molecule has 0 nitrogen and oxygen atoms in total. The summed E-state index contributed by atoms with van der Waals surface area (Å²) >= 11 is 0. The summed E-state index contributed by atoms with van der Waals surface area (Å²) in [5, 5.41) is 0. The number of hydrogen-bond acceptors (Lipinski definition) is 0. The van der Waals surface area contributed by atoms with Crippen LogP contribution in [0.2, 0.25) is 0 Å². The second-order valence-corrected chi connectivity index (χ2v) is 4.27. The largest absolute Gasteiger partial charge is 0.565 e. The molecule has 0 unspecified atom stereocenters. The monoisotopic (exact) mass is 462 g/mol. The zero-order valence-corrected chi connectivity index (χ0v) is 15.6. The average molecular weight is 461 g/mol. The van der Waals surface area contributed by atoms with Gasteiger partial charge in [0.2, 0.25) is 0 Å². The molecule has 0 radical (unpaired) electrons. The van der Waals surface area contributed by atoms with E-state index in [0.29, 0.717) is 0 Å². The first-order chi connectivity index (χ1) is 9.97. The standard InChI is InChI=1S/C10H8.2C5H5.2Ru/c1-2-6-9(5-1)10-7-3-4-8-10;2*1-2-4-5-3-1;;/h1-8H;2*1-5H;;/q-6;2*-1;;. The Morgan fingerprint density at radius 2 is 0.955 bits per heavy atom. The van der Waals surface area contributed by atoms with E-state index < -0.39 is 0 Å². The minimum atomic E-state index is 0. The predicted molar refractivity (Wildman–Crippen MR) is 87.1 cm³/mol. The van der Waals surface area contributed by atoms with Crippen LogP contribution in [0, 0.1) is 0 Å². The van der Waals surface area contributed by atoms with Crippen LogP contribution in [0.25, 0.3) is 11.1 Å². The van der Waals surface area contributed by atoms with E-state index in [1.807, 2.05) is 60.7 Å². The van der Waals surface area contributed by atoms with Gasteiger partial charge < -0.3 is 59.7 Å². The zero-order chi connectivity index (χ0) is 13.9. The van der Waals surface area contributed by atoms with Crippen molar-refractivity contribution in [2.45, 2.75) is 0 Å². The van der Waals surface area contributed by atoms with Gasteiger partial charge >= 0.3 is 0 Å². The van der Waals surface area contributed by atoms with Crippen LogP contribution in [-0.4, -0.2) is 0 Å². The third kappa shape index (κ3) is 8.18. The van der Waals surface area contributed by atoms with Crippen molar-refractivity contribution >= 4 is 0 Å². The first kappa shape index (κ1) is 20.6. The normalized spacial score (nSPS) is 8.18. The minimum Gasteiger partial charge on any atom is -0.565 e. The third-order valence-electron chi connectivity index (χ3n) is 2.77. The second kappa shape index (κ2) is 13.3. The van der Waals surface area contributed by atoms with Crippen molar-refractivity contribution in [1.82, 2.24) is 0 Å². The molecule has 0 fully saturated rings. The predicted octanol–water partition coefficient (Wildman–Crippen LogP) is 5.60. The van der Waals surface area contributed by atoms with Crippen LogP contribution < -0.4 is 0 Å². The van der Waals surface area contributed by atoms with Crippen LogP contribution in [0.4, 0.5) is 0 Å². The van der Waals surface area contributed by atoms with Crippen LogP contribution >= 0.6 is 0 Å². The molecule has 2 heteroatoms. The first-order valence-corrected chi connectivity index (χ1v) is 6.74. The molecule has 4 rings (SSSR count). The van der Waals surface area contributed by atoms with E-state index in [9.17, 15) is 0 Å². The van der Waals surface area contributed by atoms with E-state index in [2.05, 4.69) is 48.5 Å². The van der Waals surface area contributed by atoms with Gasteiger partial charge in [-0.15, -0.1) is 0 Å². The molecule has 0 N–H and O–H groups in total. The van der Waals surface area contributed by atoms with Crippen molar-refractivity contribution in [3.63, 3.8) is 0 Å². The summed E-state index contributed by atoms with van der Waals surface area (Å²) in [6.45, 7) is 0. The Bertz CT molecular complexity index is 505. The summed E-state index contributed by atoms with van der Waals surface area (Å²) < 4.78 is 0. The van der Waals surface area contributed by atoms with Crippen molar-refractivity contribution in [2.75, 3.05) is 0 Å². The van der Waals surface area contributed by atoms with Gasteiger partial charge in [0.25, 0.3) is 0 Å². The van der Waals surface area contributed by atoms with Crippen molar-refractivity contribution < 1.29 is 39.0 Å². The molecule has 122 valence electrons. The Morgan fingerprint density at radius 3 is 1.27 bits per heavy atom. The third-order valence-corrected chi connectivity index (χ3v) is 2.77. The summed E-state index contributed by atoms with van der Waals surface area (Å²) in [5.41, 5.74) is 2.62. The van der Waals surface area contributed by atoms with Gasteiger partial charge in [0, 0.05) is 39.0 Å². The fourth-order valence-corrected chi connectivity index (χ4v) is 1.77. The zero-order valence-electron chi connectivity index (χ0n) is 12.1. The molecule has 4 aromatic rings. The van der Waals surface area contributed by atoms with E-state index in [0.717, 1.165) is 0 Å². The summed E-state index contributed by atoms with van der Waals surface area (Å²) in [4.78, 5) is 0. The smallest absolute Gasteiger partial charge is 0 e. The first-order valence-electron chi connectivity index (χ1n) is 6.74. The van der Waals surface area contributed by atoms with Gasteiger partial charge in [0.1, 0.15) is 0 Å². The minimum absolute atomic E-state index is 0. The van der Waals surface area contributed by atoms with Crippen LogP contribution in [0.5, 0.6) is 0 Å². The van der Waals surface area contributed by atoms with Crippen LogP contribution in [0.3, 0.4) is 0 Å². The van der Waals surface area contributed by atoms with Crippen LogP contribution in [0.1, 0.15) is 0 Å². The molecule has 0 bridgehead atoms. The molecule has 0 aliphatic heterocycles. The van der Waals surface area contributed by atoms with Gasteiger partial charge in [0.05, 0.1) is 0 Å². The Morgan fingerprint density at radius 1 is 0.545 bits per heavy atom. The fourth-order valence-electron chi connectivity index (χ4n) is 1.77. The Hall–Kier alpha value is -1.35. The maximum absolute atomic E-state index is 2.12. The van der Waals surface area contributed by atoms with E-state index in [-0.39, 0.29) is 39.0 Å². The molecule has 0 aliphatic carbocycles. The summed E-state index contributed by atoms with van der Waals surface area (Å²) in [7, 11) is 0. The van der Waals surface area contributed by atoms with E-state index in [4.69, 9.17) is 0 Å². The molecule has 0 aromatic heterocycles. The van der Waals surface area contributed by atoms with E-state index >= 15 is 0 Å². The molecular weight excluding hydrogens is 442 g/mol. The maximum atomic E-state index is 2.12. The quantitative estimate of drug-likeness (QED) is 0.256. The van der Waals surface area contributed by atoms with Gasteiger partial charge in [0.15, 0.2) is 0 Å². The molecule has 0 amide bonds. The fraction of sp³-hybridized carbons (Fsp3) is 0. The van der Waals surface area contributed by atoms with E-state index in [1.165, 1.54) is 11.1 Å². The second-order valence-electron chi connectivity index (χ2n) is 4.27. The number of hydrogen-bond donors (Lipinski definition) is 0. The van der Waals surface area contributed by atoms with Crippen LogP contribution in [-0.2, 0) is 39.0 Å². The van der Waals surface area contributed by atoms with Crippen molar-refractivity contribution in [3.05, 3.63) is 109 Å². The summed E-state index contributed by atoms with van der Waals surface area (Å²) in [6.07, 6.45) is 0. The Balaban J connectivity index is 0.000000316. The Labute approximate surface area is 158 Å². The molecule has 22 heavy (non-hydrogen) atoms. The average Bonchev–Trinajstić information content (AvgIpc) is 3.35. The van der Waals surface area contributed by atoms with Gasteiger partial charge in [-0.25, -0.2) is 24.3 Å². The number of rotatable bonds is 1. The SMILES string of the molecule is [Ru].[Ru].c1cc[c-](-[c-]2[cH-][cH-][cH-][cH-]2)c1.c1cc[cH-]c1.c1cc[cH-]c1. The molecule has 0 atom stereocenters. The molecule has 0 aliphatic rings. The van der Waals surface area contributed by atoms with Crippen molar-refractivity contribution in [1.29, 1.82) is 0 Å². The van der Waals surface area contributed by atoms with Crippen molar-refractivity contribution in [2.24, 2.45) is 0 Å². The molecule has 4 aromatic carbocycles.